The average molecular weight is 370 g/mol. The molecule has 0 aromatic heterocycles. The largest absolute Gasteiger partial charge is 0.493 e. The molecule has 1 heterocycles. The number of ether oxygens (including phenoxy) is 2. The van der Waals surface area contributed by atoms with Gasteiger partial charge in [0.05, 0.1) is 19.1 Å². The predicted molar refractivity (Wildman–Crippen MR) is 94.3 cm³/mol. The number of piperazine rings is 1. The van der Waals surface area contributed by atoms with Crippen molar-refractivity contribution in [3.05, 3.63) is 18.2 Å². The van der Waals surface area contributed by atoms with Crippen LogP contribution in [-0.2, 0) is 14.8 Å². The highest BCUT2D eigenvalue weighted by atomic mass is 32.2. The van der Waals surface area contributed by atoms with Gasteiger partial charge < -0.3 is 14.4 Å². The standard InChI is InChI=1S/C17H26N2O5S/c1-5-13(2)17(20)18-8-10-19(11-9-18)25(21,22)14-6-7-15(23-3)16(12-14)24-4/h6-7,12-13H,5,8-11H2,1-4H3. The van der Waals surface area contributed by atoms with Gasteiger partial charge >= 0.3 is 0 Å². The highest BCUT2D eigenvalue weighted by Crippen LogP contribution is 2.31. The summed E-state index contributed by atoms with van der Waals surface area (Å²) in [4.78, 5) is 14.1. The first kappa shape index (κ1) is 19.5. The van der Waals surface area contributed by atoms with Crippen molar-refractivity contribution < 1.29 is 22.7 Å². The Hall–Kier alpha value is -1.80. The lowest BCUT2D eigenvalue weighted by Gasteiger charge is -2.35. The summed E-state index contributed by atoms with van der Waals surface area (Å²) in [6.07, 6.45) is 0.781. The molecule has 1 aromatic rings. The molecule has 1 aliphatic heterocycles. The van der Waals surface area contributed by atoms with Crippen LogP contribution in [0.2, 0.25) is 0 Å². The molecule has 140 valence electrons. The third-order valence-corrected chi connectivity index (χ3v) is 6.47. The zero-order valence-electron chi connectivity index (χ0n) is 15.2. The van der Waals surface area contributed by atoms with Gasteiger partial charge in [-0.3, -0.25) is 4.79 Å². The molecule has 25 heavy (non-hydrogen) atoms. The van der Waals surface area contributed by atoms with Gasteiger partial charge in [-0.15, -0.1) is 0 Å². The van der Waals surface area contributed by atoms with Crippen molar-refractivity contribution in [3.8, 4) is 11.5 Å². The smallest absolute Gasteiger partial charge is 0.243 e. The van der Waals surface area contributed by atoms with E-state index in [-0.39, 0.29) is 16.7 Å². The molecule has 0 saturated carbocycles. The molecule has 1 amide bonds. The molecule has 0 N–H and O–H groups in total. The first-order chi connectivity index (χ1) is 11.8. The maximum absolute atomic E-state index is 12.8. The number of hydrogen-bond acceptors (Lipinski definition) is 5. The van der Waals surface area contributed by atoms with Crippen molar-refractivity contribution in [3.63, 3.8) is 0 Å². The Balaban J connectivity index is 2.13. The van der Waals surface area contributed by atoms with E-state index in [1.807, 2.05) is 13.8 Å². The number of amides is 1. The third-order valence-electron chi connectivity index (χ3n) is 4.58. The SMILES string of the molecule is CCC(C)C(=O)N1CCN(S(=O)(=O)c2ccc(OC)c(OC)c2)CC1. The van der Waals surface area contributed by atoms with Crippen LogP contribution in [0.5, 0.6) is 11.5 Å². The third kappa shape index (κ3) is 4.07. The second-order valence-corrected chi connectivity index (χ2v) is 7.99. The molecular formula is C17H26N2O5S. The average Bonchev–Trinajstić information content (AvgIpc) is 2.66. The van der Waals surface area contributed by atoms with E-state index in [2.05, 4.69) is 0 Å². The van der Waals surface area contributed by atoms with Gasteiger partial charge in [-0.05, 0) is 18.6 Å². The Morgan fingerprint density at radius 2 is 1.72 bits per heavy atom. The van der Waals surface area contributed by atoms with Gasteiger partial charge in [0.15, 0.2) is 11.5 Å². The molecule has 7 nitrogen and oxygen atoms in total. The van der Waals surface area contributed by atoms with Gasteiger partial charge in [0, 0.05) is 38.2 Å². The van der Waals surface area contributed by atoms with Crippen molar-refractivity contribution in [2.24, 2.45) is 5.92 Å². The van der Waals surface area contributed by atoms with E-state index in [0.717, 1.165) is 6.42 Å². The molecule has 1 saturated heterocycles. The van der Waals surface area contributed by atoms with Crippen molar-refractivity contribution in [2.45, 2.75) is 25.2 Å². The van der Waals surface area contributed by atoms with Crippen LogP contribution in [0.25, 0.3) is 0 Å². The molecule has 0 spiro atoms. The monoisotopic (exact) mass is 370 g/mol. The normalized spacial score (nSPS) is 17.2. The van der Waals surface area contributed by atoms with Gasteiger partial charge in [0.1, 0.15) is 0 Å². The van der Waals surface area contributed by atoms with E-state index in [9.17, 15) is 13.2 Å². The highest BCUT2D eigenvalue weighted by molar-refractivity contribution is 7.89. The molecule has 1 atom stereocenters. The lowest BCUT2D eigenvalue weighted by Crippen LogP contribution is -2.51. The summed E-state index contributed by atoms with van der Waals surface area (Å²) in [6.45, 7) is 5.28. The Morgan fingerprint density at radius 1 is 1.12 bits per heavy atom. The number of benzene rings is 1. The van der Waals surface area contributed by atoms with Crippen molar-refractivity contribution in [2.75, 3.05) is 40.4 Å². The minimum atomic E-state index is -3.63. The number of sulfonamides is 1. The fraction of sp³-hybridized carbons (Fsp3) is 0.588. The quantitative estimate of drug-likeness (QED) is 0.760. The molecule has 0 radical (unpaired) electrons. The Kier molecular flexibility index (Phi) is 6.29. The maximum Gasteiger partial charge on any atom is 0.243 e. The Labute approximate surface area is 149 Å². The van der Waals surface area contributed by atoms with Crippen LogP contribution >= 0.6 is 0 Å². The second-order valence-electron chi connectivity index (χ2n) is 6.06. The van der Waals surface area contributed by atoms with Gasteiger partial charge in [-0.2, -0.15) is 4.31 Å². The summed E-state index contributed by atoms with van der Waals surface area (Å²) in [7, 11) is -0.669. The molecule has 0 bridgehead atoms. The zero-order chi connectivity index (χ0) is 18.6. The number of hydrogen-bond donors (Lipinski definition) is 0. The second kappa shape index (κ2) is 8.05. The summed E-state index contributed by atoms with van der Waals surface area (Å²) in [6, 6.07) is 4.55. The van der Waals surface area contributed by atoms with E-state index >= 15 is 0 Å². The van der Waals surface area contributed by atoms with E-state index in [4.69, 9.17) is 9.47 Å². The van der Waals surface area contributed by atoms with Crippen LogP contribution in [-0.4, -0.2) is 63.9 Å². The number of methoxy groups -OCH3 is 2. The Bertz CT molecular complexity index is 712. The summed E-state index contributed by atoms with van der Waals surface area (Å²) >= 11 is 0. The predicted octanol–water partition coefficient (Wildman–Crippen LogP) is 1.58. The maximum atomic E-state index is 12.8. The molecule has 0 aliphatic carbocycles. The zero-order valence-corrected chi connectivity index (χ0v) is 16.0. The number of carbonyl (C=O) groups is 1. The van der Waals surface area contributed by atoms with Crippen molar-refractivity contribution in [1.29, 1.82) is 0 Å². The number of carbonyl (C=O) groups excluding carboxylic acids is 1. The summed E-state index contributed by atoms with van der Waals surface area (Å²) in [5.74, 6) is 0.902. The molecule has 1 fully saturated rings. The molecule has 1 unspecified atom stereocenters. The van der Waals surface area contributed by atoms with Gasteiger partial charge in [-0.25, -0.2) is 8.42 Å². The first-order valence-electron chi connectivity index (χ1n) is 8.36. The summed E-state index contributed by atoms with van der Waals surface area (Å²) in [5.41, 5.74) is 0. The minimum absolute atomic E-state index is 0.0333. The van der Waals surface area contributed by atoms with Crippen LogP contribution in [0.4, 0.5) is 0 Å². The van der Waals surface area contributed by atoms with Gasteiger partial charge in [0.2, 0.25) is 15.9 Å². The van der Waals surface area contributed by atoms with Gasteiger partial charge in [0.25, 0.3) is 0 Å². The molecule has 8 heteroatoms. The molecular weight excluding hydrogens is 344 g/mol. The molecule has 1 aliphatic rings. The first-order valence-corrected chi connectivity index (χ1v) is 9.80. The highest BCUT2D eigenvalue weighted by Gasteiger charge is 2.31. The lowest BCUT2D eigenvalue weighted by molar-refractivity contribution is -0.136. The molecule has 2 rings (SSSR count). The number of nitrogens with zero attached hydrogens (tertiary/aromatic N) is 2. The summed E-state index contributed by atoms with van der Waals surface area (Å²) < 4.78 is 37.4. The van der Waals surface area contributed by atoms with Crippen molar-refractivity contribution in [1.82, 2.24) is 9.21 Å². The van der Waals surface area contributed by atoms with E-state index < -0.39 is 10.0 Å². The summed E-state index contributed by atoms with van der Waals surface area (Å²) in [5, 5.41) is 0. The lowest BCUT2D eigenvalue weighted by atomic mass is 10.1. The van der Waals surface area contributed by atoms with E-state index in [1.165, 1.54) is 30.7 Å². The van der Waals surface area contributed by atoms with E-state index in [1.54, 1.807) is 11.0 Å². The van der Waals surface area contributed by atoms with Crippen LogP contribution in [0.15, 0.2) is 23.1 Å². The molecule has 1 aromatic carbocycles. The van der Waals surface area contributed by atoms with E-state index in [0.29, 0.717) is 37.7 Å². The Morgan fingerprint density at radius 3 is 2.24 bits per heavy atom. The van der Waals surface area contributed by atoms with Crippen LogP contribution in [0.1, 0.15) is 20.3 Å². The fourth-order valence-electron chi connectivity index (χ4n) is 2.76. The van der Waals surface area contributed by atoms with Crippen molar-refractivity contribution >= 4 is 15.9 Å². The van der Waals surface area contributed by atoms with Crippen LogP contribution in [0, 0.1) is 5.92 Å². The van der Waals surface area contributed by atoms with Crippen LogP contribution in [0.3, 0.4) is 0 Å². The van der Waals surface area contributed by atoms with Crippen LogP contribution < -0.4 is 9.47 Å². The minimum Gasteiger partial charge on any atom is -0.493 e. The number of rotatable bonds is 6. The fourth-order valence-corrected chi connectivity index (χ4v) is 4.20. The topological polar surface area (TPSA) is 76.2 Å². The van der Waals surface area contributed by atoms with Gasteiger partial charge in [-0.1, -0.05) is 13.8 Å².